The predicted molar refractivity (Wildman–Crippen MR) is 113 cm³/mol. The van der Waals surface area contributed by atoms with Crippen molar-refractivity contribution >= 4 is 22.5 Å². The number of nitrogens with one attached hydrogen (secondary N) is 1. The molecule has 7 nitrogen and oxygen atoms in total. The third-order valence-electron chi connectivity index (χ3n) is 4.86. The molecule has 4 rings (SSSR count). The zero-order chi connectivity index (χ0) is 21.1. The van der Waals surface area contributed by atoms with Crippen LogP contribution in [0.2, 0.25) is 0 Å². The lowest BCUT2D eigenvalue weighted by Crippen LogP contribution is -2.12. The Labute approximate surface area is 173 Å². The molecule has 0 spiro atoms. The van der Waals surface area contributed by atoms with Gasteiger partial charge in [-0.1, -0.05) is 23.4 Å². The van der Waals surface area contributed by atoms with Crippen molar-refractivity contribution < 1.29 is 18.8 Å². The summed E-state index contributed by atoms with van der Waals surface area (Å²) in [5.74, 6) is 1.45. The fourth-order valence-electron chi connectivity index (χ4n) is 3.19. The monoisotopic (exact) mass is 403 g/mol. The Balaban J connectivity index is 1.54. The maximum absolute atomic E-state index is 12.8. The number of rotatable bonds is 6. The highest BCUT2D eigenvalue weighted by atomic mass is 16.5. The zero-order valence-corrected chi connectivity index (χ0v) is 16.9. The van der Waals surface area contributed by atoms with Crippen molar-refractivity contribution in [2.24, 2.45) is 0 Å². The van der Waals surface area contributed by atoms with Crippen LogP contribution in [-0.2, 0) is 6.61 Å². The highest BCUT2D eigenvalue weighted by Gasteiger charge is 2.15. The average molecular weight is 403 g/mol. The Morgan fingerprint density at radius 2 is 1.93 bits per heavy atom. The smallest absolute Gasteiger partial charge is 0.255 e. The lowest BCUT2D eigenvalue weighted by Gasteiger charge is -2.13. The highest BCUT2D eigenvalue weighted by molar-refractivity contribution is 6.08. The molecule has 7 heteroatoms. The second-order valence-corrected chi connectivity index (χ2v) is 6.79. The Morgan fingerprint density at radius 1 is 1.10 bits per heavy atom. The molecule has 0 aliphatic heterocycles. The summed E-state index contributed by atoms with van der Waals surface area (Å²) in [5, 5.41) is 7.80. The first-order valence-corrected chi connectivity index (χ1v) is 9.44. The molecule has 1 amide bonds. The van der Waals surface area contributed by atoms with Gasteiger partial charge >= 0.3 is 0 Å². The van der Waals surface area contributed by atoms with Gasteiger partial charge in [-0.25, -0.2) is 0 Å². The number of para-hydroxylation sites is 1. The first-order chi connectivity index (χ1) is 14.6. The highest BCUT2D eigenvalue weighted by Crippen LogP contribution is 2.30. The molecule has 0 radical (unpaired) electrons. The third-order valence-corrected chi connectivity index (χ3v) is 4.86. The molecule has 2 aromatic heterocycles. The number of methoxy groups -OCH3 is 1. The van der Waals surface area contributed by atoms with Gasteiger partial charge < -0.3 is 19.3 Å². The number of hydrogen-bond acceptors (Lipinski definition) is 6. The molecule has 30 heavy (non-hydrogen) atoms. The molecule has 2 aromatic carbocycles. The van der Waals surface area contributed by atoms with E-state index in [4.69, 9.17) is 14.0 Å². The number of carbonyl (C=O) groups is 1. The maximum Gasteiger partial charge on any atom is 0.255 e. The van der Waals surface area contributed by atoms with E-state index < -0.39 is 0 Å². The fourth-order valence-corrected chi connectivity index (χ4v) is 3.19. The largest absolute Gasteiger partial charge is 0.493 e. The van der Waals surface area contributed by atoms with E-state index in [0.717, 1.165) is 22.2 Å². The first kappa shape index (κ1) is 19.4. The van der Waals surface area contributed by atoms with E-state index in [2.05, 4.69) is 15.5 Å². The number of benzene rings is 2. The van der Waals surface area contributed by atoms with Gasteiger partial charge in [0.2, 0.25) is 0 Å². The minimum absolute atomic E-state index is 0.260. The number of pyridine rings is 1. The second-order valence-electron chi connectivity index (χ2n) is 6.79. The summed E-state index contributed by atoms with van der Waals surface area (Å²) in [5.41, 5.74) is 3.51. The lowest BCUT2D eigenvalue weighted by molar-refractivity contribution is 0.102. The van der Waals surface area contributed by atoms with Crippen LogP contribution in [0.4, 0.5) is 5.69 Å². The van der Waals surface area contributed by atoms with E-state index in [0.29, 0.717) is 35.1 Å². The van der Waals surface area contributed by atoms with Crippen LogP contribution < -0.4 is 14.8 Å². The van der Waals surface area contributed by atoms with E-state index in [1.807, 2.05) is 44.2 Å². The Kier molecular flexibility index (Phi) is 5.34. The Morgan fingerprint density at radius 3 is 2.70 bits per heavy atom. The molecule has 0 bridgehead atoms. The number of carbonyl (C=O) groups excluding carboxylic acids is 1. The van der Waals surface area contributed by atoms with Gasteiger partial charge in [0.05, 0.1) is 29.6 Å². The SMILES string of the molecule is COc1cc(C(=O)Nc2cccc3cccnc23)ccc1OCc1c(C)noc1C. The molecule has 152 valence electrons. The number of ether oxygens (including phenoxy) is 2. The fraction of sp³-hybridized carbons (Fsp3) is 0.174. The molecular formula is C23H21N3O4. The number of aromatic nitrogens is 2. The van der Waals surface area contributed by atoms with Gasteiger partial charge in [-0.15, -0.1) is 0 Å². The molecule has 1 N–H and O–H groups in total. The standard InChI is InChI=1S/C23H21N3O4/c1-14-18(15(2)30-26-14)13-29-20-10-9-17(12-21(20)28-3)23(27)25-19-8-4-6-16-7-5-11-24-22(16)19/h4-12H,13H2,1-3H3,(H,25,27). The molecule has 0 aliphatic carbocycles. The van der Waals surface area contributed by atoms with Crippen LogP contribution >= 0.6 is 0 Å². The number of aryl methyl sites for hydroxylation is 2. The van der Waals surface area contributed by atoms with Gasteiger partial charge in [-0.2, -0.15) is 0 Å². The van der Waals surface area contributed by atoms with E-state index >= 15 is 0 Å². The molecule has 0 aliphatic rings. The normalized spacial score (nSPS) is 10.8. The van der Waals surface area contributed by atoms with Gasteiger partial charge in [0.15, 0.2) is 11.5 Å². The first-order valence-electron chi connectivity index (χ1n) is 9.44. The van der Waals surface area contributed by atoms with E-state index in [9.17, 15) is 4.79 Å². The van der Waals surface area contributed by atoms with Crippen LogP contribution in [0.25, 0.3) is 10.9 Å². The van der Waals surface area contributed by atoms with Crippen molar-refractivity contribution in [3.63, 3.8) is 0 Å². The van der Waals surface area contributed by atoms with Crippen LogP contribution in [0, 0.1) is 13.8 Å². The summed E-state index contributed by atoms with van der Waals surface area (Å²) in [6.45, 7) is 4.00. The summed E-state index contributed by atoms with van der Waals surface area (Å²) in [6.07, 6.45) is 1.70. The maximum atomic E-state index is 12.8. The molecule has 0 fully saturated rings. The van der Waals surface area contributed by atoms with Gasteiger partial charge in [0.25, 0.3) is 5.91 Å². The molecule has 0 unspecified atom stereocenters. The number of anilines is 1. The van der Waals surface area contributed by atoms with Crippen molar-refractivity contribution in [3.05, 3.63) is 77.3 Å². The Bertz CT molecular complexity index is 1190. The summed E-state index contributed by atoms with van der Waals surface area (Å²) in [6, 6.07) is 14.5. The summed E-state index contributed by atoms with van der Waals surface area (Å²) >= 11 is 0. The number of hydrogen-bond donors (Lipinski definition) is 1. The molecule has 0 atom stereocenters. The van der Waals surface area contributed by atoms with E-state index in [1.54, 1.807) is 24.4 Å². The van der Waals surface area contributed by atoms with Crippen LogP contribution in [0.5, 0.6) is 11.5 Å². The predicted octanol–water partition coefficient (Wildman–Crippen LogP) is 4.68. The van der Waals surface area contributed by atoms with Crippen LogP contribution in [0.15, 0.2) is 59.3 Å². The summed E-state index contributed by atoms with van der Waals surface area (Å²) in [7, 11) is 1.54. The molecule has 4 aromatic rings. The molecule has 0 saturated carbocycles. The third kappa shape index (κ3) is 3.82. The summed E-state index contributed by atoms with van der Waals surface area (Å²) < 4.78 is 16.5. The quantitative estimate of drug-likeness (QED) is 0.503. The van der Waals surface area contributed by atoms with Crippen LogP contribution in [0.1, 0.15) is 27.4 Å². The van der Waals surface area contributed by atoms with Crippen molar-refractivity contribution in [2.75, 3.05) is 12.4 Å². The molecule has 0 saturated heterocycles. The van der Waals surface area contributed by atoms with Crippen LogP contribution in [0.3, 0.4) is 0 Å². The molecule has 2 heterocycles. The van der Waals surface area contributed by atoms with Gasteiger partial charge in [-0.05, 0) is 44.2 Å². The van der Waals surface area contributed by atoms with E-state index in [1.165, 1.54) is 7.11 Å². The van der Waals surface area contributed by atoms with Crippen molar-refractivity contribution in [1.82, 2.24) is 10.1 Å². The Hall–Kier alpha value is -3.87. The summed E-state index contributed by atoms with van der Waals surface area (Å²) in [4.78, 5) is 17.2. The number of fused-ring (bicyclic) bond motifs is 1. The van der Waals surface area contributed by atoms with Crippen LogP contribution in [-0.4, -0.2) is 23.2 Å². The van der Waals surface area contributed by atoms with Crippen molar-refractivity contribution in [1.29, 1.82) is 0 Å². The molecular weight excluding hydrogens is 382 g/mol. The number of nitrogens with zero attached hydrogens (tertiary/aromatic N) is 2. The zero-order valence-electron chi connectivity index (χ0n) is 16.9. The average Bonchev–Trinajstić information content (AvgIpc) is 3.09. The number of amides is 1. The van der Waals surface area contributed by atoms with Gasteiger partial charge in [0, 0.05) is 17.1 Å². The second kappa shape index (κ2) is 8.24. The minimum atomic E-state index is -0.260. The van der Waals surface area contributed by atoms with Crippen molar-refractivity contribution in [3.8, 4) is 11.5 Å². The van der Waals surface area contributed by atoms with Crippen molar-refractivity contribution in [2.45, 2.75) is 20.5 Å². The topological polar surface area (TPSA) is 86.5 Å². The van der Waals surface area contributed by atoms with Gasteiger partial charge in [-0.3, -0.25) is 9.78 Å². The van der Waals surface area contributed by atoms with E-state index in [-0.39, 0.29) is 5.91 Å². The van der Waals surface area contributed by atoms with Gasteiger partial charge in [0.1, 0.15) is 12.4 Å². The minimum Gasteiger partial charge on any atom is -0.493 e. The lowest BCUT2D eigenvalue weighted by atomic mass is 10.1.